The Labute approximate surface area is 175 Å². The van der Waals surface area contributed by atoms with Gasteiger partial charge in [0.25, 0.3) is 0 Å². The number of benzene rings is 2. The zero-order valence-electron chi connectivity index (χ0n) is 16.4. The molecule has 148 valence electrons. The average molecular weight is 404 g/mol. The van der Waals surface area contributed by atoms with Crippen LogP contribution in [0, 0.1) is 5.92 Å². The Balaban J connectivity index is 1.26. The van der Waals surface area contributed by atoms with E-state index in [0.717, 1.165) is 41.6 Å². The van der Waals surface area contributed by atoms with Gasteiger partial charge in [0.05, 0.1) is 5.69 Å². The third kappa shape index (κ3) is 4.06. The molecule has 4 nitrogen and oxygen atoms in total. The third-order valence-electron chi connectivity index (χ3n) is 5.90. The summed E-state index contributed by atoms with van der Waals surface area (Å²) in [7, 11) is 0. The Morgan fingerprint density at radius 3 is 2.69 bits per heavy atom. The van der Waals surface area contributed by atoms with Gasteiger partial charge in [-0.25, -0.2) is 4.98 Å². The van der Waals surface area contributed by atoms with E-state index >= 15 is 0 Å². The number of hydrogen-bond acceptors (Lipinski definition) is 4. The van der Waals surface area contributed by atoms with Crippen LogP contribution in [-0.4, -0.2) is 24.0 Å². The highest BCUT2D eigenvalue weighted by molar-refractivity contribution is 7.14. The second kappa shape index (κ2) is 7.99. The molecular formula is C24H25N3OS. The molecule has 1 aliphatic heterocycles. The molecule has 5 heteroatoms. The van der Waals surface area contributed by atoms with Crippen LogP contribution in [0.4, 0.5) is 10.8 Å². The number of amides is 1. The van der Waals surface area contributed by atoms with Gasteiger partial charge in [-0.2, -0.15) is 0 Å². The number of anilines is 2. The molecule has 3 aromatic rings. The predicted molar refractivity (Wildman–Crippen MR) is 120 cm³/mol. The minimum Gasteiger partial charge on any atom is -0.348 e. The average Bonchev–Trinajstić information content (AvgIpc) is 3.43. The molecule has 1 aromatic heterocycles. The van der Waals surface area contributed by atoms with E-state index in [1.807, 2.05) is 36.4 Å². The predicted octanol–water partition coefficient (Wildman–Crippen LogP) is 5.54. The first-order valence-electron chi connectivity index (χ1n) is 10.4. The summed E-state index contributed by atoms with van der Waals surface area (Å²) in [6.45, 7) is 2.21. The molecule has 0 bridgehead atoms. The lowest BCUT2D eigenvalue weighted by molar-refractivity contribution is -0.117. The van der Waals surface area contributed by atoms with Crippen molar-refractivity contribution in [3.05, 3.63) is 65.5 Å². The summed E-state index contributed by atoms with van der Waals surface area (Å²) in [5, 5.41) is 6.34. The molecule has 1 saturated carbocycles. The molecule has 1 N–H and O–H groups in total. The summed E-state index contributed by atoms with van der Waals surface area (Å²) in [6, 6.07) is 18.4. The van der Waals surface area contributed by atoms with Gasteiger partial charge >= 0.3 is 0 Å². The normalized spacial score (nSPS) is 21.0. The van der Waals surface area contributed by atoms with Crippen LogP contribution in [0.1, 0.15) is 37.2 Å². The lowest BCUT2D eigenvalue weighted by Crippen LogP contribution is -2.29. The third-order valence-corrected chi connectivity index (χ3v) is 6.80. The van der Waals surface area contributed by atoms with E-state index in [9.17, 15) is 4.79 Å². The van der Waals surface area contributed by atoms with Gasteiger partial charge in [-0.05, 0) is 49.3 Å². The number of aromatic nitrogens is 1. The highest BCUT2D eigenvalue weighted by Gasteiger charge is 2.43. The Kier molecular flexibility index (Phi) is 5.06. The van der Waals surface area contributed by atoms with Crippen LogP contribution < -0.4 is 10.2 Å². The first kappa shape index (κ1) is 18.4. The molecule has 1 aliphatic carbocycles. The fourth-order valence-corrected chi connectivity index (χ4v) is 5.06. The van der Waals surface area contributed by atoms with Crippen molar-refractivity contribution in [1.29, 1.82) is 0 Å². The quantitative estimate of drug-likeness (QED) is 0.608. The molecule has 29 heavy (non-hydrogen) atoms. The summed E-state index contributed by atoms with van der Waals surface area (Å²) >= 11 is 1.71. The number of nitrogens with one attached hydrogen (secondary N) is 1. The van der Waals surface area contributed by atoms with E-state index in [2.05, 4.69) is 33.8 Å². The van der Waals surface area contributed by atoms with Crippen molar-refractivity contribution in [1.82, 2.24) is 4.98 Å². The zero-order valence-corrected chi connectivity index (χ0v) is 17.2. The van der Waals surface area contributed by atoms with E-state index in [1.165, 1.54) is 24.8 Å². The first-order chi connectivity index (χ1) is 14.3. The second-order valence-electron chi connectivity index (χ2n) is 7.99. The van der Waals surface area contributed by atoms with E-state index in [0.29, 0.717) is 5.92 Å². The lowest BCUT2D eigenvalue weighted by atomic mass is 10.1. The highest BCUT2D eigenvalue weighted by atomic mass is 32.1. The number of carbonyl (C=O) groups excluding carboxylic acids is 1. The van der Waals surface area contributed by atoms with Crippen LogP contribution in [0.2, 0.25) is 0 Å². The lowest BCUT2D eigenvalue weighted by Gasteiger charge is -2.25. The van der Waals surface area contributed by atoms with Crippen molar-refractivity contribution >= 4 is 28.1 Å². The van der Waals surface area contributed by atoms with Gasteiger partial charge in [-0.3, -0.25) is 4.79 Å². The zero-order chi connectivity index (χ0) is 19.6. The minimum atomic E-state index is 0.0750. The highest BCUT2D eigenvalue weighted by Crippen LogP contribution is 2.48. The van der Waals surface area contributed by atoms with Gasteiger partial charge in [0.1, 0.15) is 0 Å². The molecule has 2 aliphatic rings. The summed E-state index contributed by atoms with van der Waals surface area (Å²) in [5.41, 5.74) is 4.14. The van der Waals surface area contributed by atoms with Crippen molar-refractivity contribution in [3.63, 3.8) is 0 Å². The molecule has 1 saturated heterocycles. The number of thiazole rings is 1. The standard InChI is InChI=1S/C24H25N3OS/c28-23(21-15-20(21)17-8-3-1-4-9-17)25-19-11-7-10-18(14-19)22-16-29-24(26-22)27-12-5-2-6-13-27/h1,3-4,7-11,14,16,20-21H,2,5-6,12-13,15H2,(H,25,28). The number of carbonyl (C=O) groups is 1. The van der Waals surface area contributed by atoms with Crippen LogP contribution in [0.25, 0.3) is 11.3 Å². The minimum absolute atomic E-state index is 0.0750. The maximum absolute atomic E-state index is 12.7. The molecule has 2 fully saturated rings. The number of hydrogen-bond donors (Lipinski definition) is 1. The van der Waals surface area contributed by atoms with Crippen LogP contribution in [0.5, 0.6) is 0 Å². The molecule has 0 radical (unpaired) electrons. The van der Waals surface area contributed by atoms with Crippen molar-refractivity contribution in [2.24, 2.45) is 5.92 Å². The molecule has 2 unspecified atom stereocenters. The maximum atomic E-state index is 12.7. The van der Waals surface area contributed by atoms with Crippen molar-refractivity contribution in [2.75, 3.05) is 23.3 Å². The molecule has 5 rings (SSSR count). The molecule has 2 aromatic carbocycles. The van der Waals surface area contributed by atoms with E-state index in [-0.39, 0.29) is 11.8 Å². The Hall–Kier alpha value is -2.66. The smallest absolute Gasteiger partial charge is 0.228 e. The largest absolute Gasteiger partial charge is 0.348 e. The Bertz CT molecular complexity index is 994. The molecule has 0 spiro atoms. The van der Waals surface area contributed by atoms with Crippen molar-refractivity contribution in [3.8, 4) is 11.3 Å². The fraction of sp³-hybridized carbons (Fsp3) is 0.333. The van der Waals surface area contributed by atoms with Gasteiger partial charge in [0, 0.05) is 35.6 Å². The van der Waals surface area contributed by atoms with Gasteiger partial charge in [0.2, 0.25) is 5.91 Å². The number of nitrogens with zero attached hydrogens (tertiary/aromatic N) is 2. The summed E-state index contributed by atoms with van der Waals surface area (Å²) in [5.74, 6) is 0.541. The second-order valence-corrected chi connectivity index (χ2v) is 8.83. The van der Waals surface area contributed by atoms with Crippen LogP contribution in [0.3, 0.4) is 0 Å². The van der Waals surface area contributed by atoms with Gasteiger partial charge in [0.15, 0.2) is 5.13 Å². The summed E-state index contributed by atoms with van der Waals surface area (Å²) in [6.07, 6.45) is 4.76. The van der Waals surface area contributed by atoms with Gasteiger partial charge in [-0.1, -0.05) is 42.5 Å². The first-order valence-corrected chi connectivity index (χ1v) is 11.3. The molecule has 2 heterocycles. The van der Waals surface area contributed by atoms with E-state index in [1.54, 1.807) is 11.3 Å². The Morgan fingerprint density at radius 1 is 1.03 bits per heavy atom. The van der Waals surface area contributed by atoms with E-state index < -0.39 is 0 Å². The SMILES string of the molecule is O=C(Nc1cccc(-c2csc(N3CCCCC3)n2)c1)C1CC1c1ccccc1. The van der Waals surface area contributed by atoms with Crippen LogP contribution in [0.15, 0.2) is 60.0 Å². The van der Waals surface area contributed by atoms with Crippen LogP contribution >= 0.6 is 11.3 Å². The summed E-state index contributed by atoms with van der Waals surface area (Å²) < 4.78 is 0. The van der Waals surface area contributed by atoms with Crippen LogP contribution in [-0.2, 0) is 4.79 Å². The summed E-state index contributed by atoms with van der Waals surface area (Å²) in [4.78, 5) is 19.9. The topological polar surface area (TPSA) is 45.2 Å². The van der Waals surface area contributed by atoms with E-state index in [4.69, 9.17) is 4.98 Å². The monoisotopic (exact) mass is 403 g/mol. The fourth-order valence-electron chi connectivity index (χ4n) is 4.17. The van der Waals surface area contributed by atoms with Crippen molar-refractivity contribution in [2.45, 2.75) is 31.6 Å². The number of rotatable bonds is 5. The van der Waals surface area contributed by atoms with Gasteiger partial charge in [-0.15, -0.1) is 11.3 Å². The molecular weight excluding hydrogens is 378 g/mol. The Morgan fingerprint density at radius 2 is 1.86 bits per heavy atom. The maximum Gasteiger partial charge on any atom is 0.228 e. The van der Waals surface area contributed by atoms with Crippen molar-refractivity contribution < 1.29 is 4.79 Å². The van der Waals surface area contributed by atoms with Gasteiger partial charge < -0.3 is 10.2 Å². The molecule has 2 atom stereocenters. The molecule has 1 amide bonds. The number of piperidine rings is 1.